The van der Waals surface area contributed by atoms with E-state index in [0.717, 1.165) is 18.0 Å². The summed E-state index contributed by atoms with van der Waals surface area (Å²) in [7, 11) is 0. The molecule has 3 rings (SSSR count). The average molecular weight is 322 g/mol. The number of anilines is 1. The number of aromatic amines is 1. The molecular formula is C14H13F3N6. The number of halogens is 3. The maximum absolute atomic E-state index is 12.5. The molecule has 23 heavy (non-hydrogen) atoms. The Morgan fingerprint density at radius 1 is 1.17 bits per heavy atom. The summed E-state index contributed by atoms with van der Waals surface area (Å²) in [6.45, 7) is 0.837. The SMILES string of the molecule is FC(F)(F)c1ccc(NCc2cn(Cc3ncc[nH]3)nn2)cc1. The summed E-state index contributed by atoms with van der Waals surface area (Å²) < 4.78 is 39.1. The third kappa shape index (κ3) is 3.87. The minimum absolute atomic E-state index is 0.365. The van der Waals surface area contributed by atoms with Crippen molar-refractivity contribution in [2.75, 3.05) is 5.32 Å². The highest BCUT2D eigenvalue weighted by Gasteiger charge is 2.29. The van der Waals surface area contributed by atoms with Crippen molar-refractivity contribution in [3.05, 3.63) is 59.9 Å². The third-order valence-electron chi connectivity index (χ3n) is 3.14. The molecule has 0 saturated carbocycles. The van der Waals surface area contributed by atoms with Gasteiger partial charge in [-0.15, -0.1) is 5.10 Å². The van der Waals surface area contributed by atoms with Gasteiger partial charge in [-0.3, -0.25) is 0 Å². The molecule has 120 valence electrons. The smallest absolute Gasteiger partial charge is 0.379 e. The van der Waals surface area contributed by atoms with E-state index in [-0.39, 0.29) is 0 Å². The lowest BCUT2D eigenvalue weighted by atomic mass is 10.2. The maximum Gasteiger partial charge on any atom is 0.416 e. The second-order valence-electron chi connectivity index (χ2n) is 4.87. The highest BCUT2D eigenvalue weighted by molar-refractivity contribution is 5.45. The molecule has 0 aliphatic carbocycles. The van der Waals surface area contributed by atoms with Crippen LogP contribution in [0.1, 0.15) is 17.1 Å². The predicted octanol–water partition coefficient (Wildman–Crippen LogP) is 2.68. The van der Waals surface area contributed by atoms with Crippen LogP contribution >= 0.6 is 0 Å². The van der Waals surface area contributed by atoms with E-state index in [1.807, 2.05) is 0 Å². The summed E-state index contributed by atoms with van der Waals surface area (Å²) in [5.41, 5.74) is 0.586. The fourth-order valence-corrected chi connectivity index (χ4v) is 2.00. The summed E-state index contributed by atoms with van der Waals surface area (Å²) in [5, 5.41) is 11.0. The number of hydrogen-bond acceptors (Lipinski definition) is 4. The van der Waals surface area contributed by atoms with Crippen LogP contribution in [0.15, 0.2) is 42.9 Å². The standard InChI is InChI=1S/C14H13F3N6/c15-14(16,17)10-1-3-11(4-2-10)20-7-12-8-23(22-21-12)9-13-18-5-6-19-13/h1-6,8,20H,7,9H2,(H,18,19). The average Bonchev–Trinajstić information content (AvgIpc) is 3.17. The van der Waals surface area contributed by atoms with Crippen molar-refractivity contribution in [2.24, 2.45) is 0 Å². The molecule has 0 amide bonds. The molecule has 0 radical (unpaired) electrons. The van der Waals surface area contributed by atoms with E-state index >= 15 is 0 Å². The summed E-state index contributed by atoms with van der Waals surface area (Å²) in [6, 6.07) is 4.85. The molecule has 2 N–H and O–H groups in total. The van der Waals surface area contributed by atoms with Gasteiger partial charge in [0, 0.05) is 18.1 Å². The zero-order chi connectivity index (χ0) is 16.3. The molecule has 0 fully saturated rings. The number of imidazole rings is 1. The van der Waals surface area contributed by atoms with Crippen molar-refractivity contribution in [1.29, 1.82) is 0 Å². The number of aromatic nitrogens is 5. The highest BCUT2D eigenvalue weighted by Crippen LogP contribution is 2.29. The minimum Gasteiger partial charge on any atom is -0.379 e. The van der Waals surface area contributed by atoms with Crippen LogP contribution in [-0.2, 0) is 19.3 Å². The Balaban J connectivity index is 1.57. The van der Waals surface area contributed by atoms with Crippen LogP contribution in [0.4, 0.5) is 18.9 Å². The van der Waals surface area contributed by atoms with Crippen molar-refractivity contribution in [3.8, 4) is 0 Å². The van der Waals surface area contributed by atoms with Gasteiger partial charge in [-0.1, -0.05) is 5.21 Å². The van der Waals surface area contributed by atoms with E-state index in [4.69, 9.17) is 0 Å². The molecule has 9 heteroatoms. The Bertz CT molecular complexity index is 746. The van der Waals surface area contributed by atoms with Gasteiger partial charge >= 0.3 is 6.18 Å². The zero-order valence-corrected chi connectivity index (χ0v) is 11.9. The van der Waals surface area contributed by atoms with Crippen LogP contribution in [0.2, 0.25) is 0 Å². The van der Waals surface area contributed by atoms with Crippen molar-refractivity contribution in [2.45, 2.75) is 19.3 Å². The van der Waals surface area contributed by atoms with Gasteiger partial charge in [0.2, 0.25) is 0 Å². The monoisotopic (exact) mass is 322 g/mol. The van der Waals surface area contributed by atoms with E-state index in [9.17, 15) is 13.2 Å². The fraction of sp³-hybridized carbons (Fsp3) is 0.214. The van der Waals surface area contributed by atoms with Crippen LogP contribution < -0.4 is 5.32 Å². The predicted molar refractivity (Wildman–Crippen MR) is 76.5 cm³/mol. The molecular weight excluding hydrogens is 309 g/mol. The fourth-order valence-electron chi connectivity index (χ4n) is 2.00. The minimum atomic E-state index is -4.33. The number of nitrogens with zero attached hydrogens (tertiary/aromatic N) is 4. The first kappa shape index (κ1) is 15.1. The van der Waals surface area contributed by atoms with Crippen LogP contribution in [0.5, 0.6) is 0 Å². The maximum atomic E-state index is 12.5. The highest BCUT2D eigenvalue weighted by atomic mass is 19.4. The molecule has 2 aromatic heterocycles. The summed E-state index contributed by atoms with van der Waals surface area (Å²) in [5.74, 6) is 0.761. The van der Waals surface area contributed by atoms with Crippen LogP contribution in [0.25, 0.3) is 0 Å². The first-order valence-corrected chi connectivity index (χ1v) is 6.79. The molecule has 0 atom stereocenters. The van der Waals surface area contributed by atoms with Gasteiger partial charge in [0.1, 0.15) is 18.1 Å². The first-order chi connectivity index (χ1) is 11.0. The Labute approximate surface area is 129 Å². The first-order valence-electron chi connectivity index (χ1n) is 6.79. The summed E-state index contributed by atoms with van der Waals surface area (Å²) in [4.78, 5) is 7.05. The van der Waals surface area contributed by atoms with Gasteiger partial charge in [-0.25, -0.2) is 9.67 Å². The second-order valence-corrected chi connectivity index (χ2v) is 4.87. The van der Waals surface area contributed by atoms with Gasteiger partial charge < -0.3 is 10.3 Å². The van der Waals surface area contributed by atoms with Crippen molar-refractivity contribution < 1.29 is 13.2 Å². The molecule has 1 aromatic carbocycles. The van der Waals surface area contributed by atoms with Crippen molar-refractivity contribution >= 4 is 5.69 Å². The number of hydrogen-bond donors (Lipinski definition) is 2. The third-order valence-corrected chi connectivity index (χ3v) is 3.14. The molecule has 0 saturated heterocycles. The Morgan fingerprint density at radius 3 is 2.61 bits per heavy atom. The molecule has 6 nitrogen and oxygen atoms in total. The molecule has 0 spiro atoms. The molecule has 0 bridgehead atoms. The number of H-pyrrole nitrogens is 1. The topological polar surface area (TPSA) is 71.4 Å². The Morgan fingerprint density at radius 2 is 1.96 bits per heavy atom. The number of benzene rings is 1. The summed E-state index contributed by atoms with van der Waals surface area (Å²) >= 11 is 0. The van der Waals surface area contributed by atoms with E-state index in [0.29, 0.717) is 24.5 Å². The van der Waals surface area contributed by atoms with E-state index in [1.54, 1.807) is 23.3 Å². The Hall–Kier alpha value is -2.84. The molecule has 0 aliphatic heterocycles. The second kappa shape index (κ2) is 6.11. The van der Waals surface area contributed by atoms with Gasteiger partial charge in [0.25, 0.3) is 0 Å². The number of rotatable bonds is 5. The Kier molecular flexibility index (Phi) is 4.00. The lowest BCUT2D eigenvalue weighted by molar-refractivity contribution is -0.137. The van der Waals surface area contributed by atoms with Gasteiger partial charge in [0.15, 0.2) is 0 Å². The normalized spacial score (nSPS) is 11.6. The van der Waals surface area contributed by atoms with Crippen LogP contribution in [0, 0.1) is 0 Å². The van der Waals surface area contributed by atoms with E-state index in [1.165, 1.54) is 12.1 Å². The van der Waals surface area contributed by atoms with E-state index in [2.05, 4.69) is 25.6 Å². The molecule has 2 heterocycles. The van der Waals surface area contributed by atoms with Crippen molar-refractivity contribution in [1.82, 2.24) is 25.0 Å². The van der Waals surface area contributed by atoms with Crippen LogP contribution in [0.3, 0.4) is 0 Å². The molecule has 0 aliphatic rings. The van der Waals surface area contributed by atoms with Gasteiger partial charge in [-0.2, -0.15) is 13.2 Å². The number of nitrogens with one attached hydrogen (secondary N) is 2. The van der Waals surface area contributed by atoms with Crippen molar-refractivity contribution in [3.63, 3.8) is 0 Å². The van der Waals surface area contributed by atoms with E-state index < -0.39 is 11.7 Å². The summed E-state index contributed by atoms with van der Waals surface area (Å²) in [6.07, 6.45) is 0.797. The lowest BCUT2D eigenvalue weighted by Gasteiger charge is -2.08. The van der Waals surface area contributed by atoms with Crippen LogP contribution in [-0.4, -0.2) is 25.0 Å². The van der Waals surface area contributed by atoms with Gasteiger partial charge in [0.05, 0.1) is 18.3 Å². The van der Waals surface area contributed by atoms with Gasteiger partial charge in [-0.05, 0) is 24.3 Å². The molecule has 3 aromatic rings. The lowest BCUT2D eigenvalue weighted by Crippen LogP contribution is -2.05. The quantitative estimate of drug-likeness (QED) is 0.757. The zero-order valence-electron chi connectivity index (χ0n) is 11.9. The molecule has 0 unspecified atom stereocenters. The number of alkyl halides is 3. The largest absolute Gasteiger partial charge is 0.416 e.